The lowest BCUT2D eigenvalue weighted by atomic mass is 9.94. The summed E-state index contributed by atoms with van der Waals surface area (Å²) in [7, 11) is -1.58. The third-order valence-electron chi connectivity index (χ3n) is 5.53. The van der Waals surface area contributed by atoms with E-state index >= 15 is 0 Å². The number of hydrogen-bond donors (Lipinski definition) is 0. The first-order valence-electron chi connectivity index (χ1n) is 10.1. The van der Waals surface area contributed by atoms with Crippen molar-refractivity contribution in [1.82, 2.24) is 0 Å². The van der Waals surface area contributed by atoms with E-state index in [4.69, 9.17) is 30.5 Å². The van der Waals surface area contributed by atoms with Crippen LogP contribution in [0.1, 0.15) is 11.1 Å². The van der Waals surface area contributed by atoms with Gasteiger partial charge in [0, 0.05) is 17.2 Å². The lowest BCUT2D eigenvalue weighted by Gasteiger charge is -2.33. The summed E-state index contributed by atoms with van der Waals surface area (Å²) in [6.45, 7) is 0.0697. The van der Waals surface area contributed by atoms with Crippen LogP contribution in [0.25, 0.3) is 5.57 Å². The minimum atomic E-state index is -4.24. The molecule has 10 heteroatoms. The van der Waals surface area contributed by atoms with Crippen molar-refractivity contribution < 1.29 is 32.2 Å². The number of anilines is 1. The van der Waals surface area contributed by atoms with E-state index < -0.39 is 16.0 Å². The maximum atomic E-state index is 13.9. The first-order chi connectivity index (χ1) is 16.4. The van der Waals surface area contributed by atoms with Crippen LogP contribution >= 0.6 is 11.6 Å². The fourth-order valence-electron chi connectivity index (χ4n) is 4.00. The van der Waals surface area contributed by atoms with Crippen LogP contribution in [0, 0.1) is 0 Å². The van der Waals surface area contributed by atoms with Gasteiger partial charge in [-0.25, -0.2) is 17.5 Å². The quantitative estimate of drug-likeness (QED) is 0.496. The van der Waals surface area contributed by atoms with Crippen molar-refractivity contribution in [3.05, 3.63) is 82.5 Å². The topological polar surface area (TPSA) is 91.4 Å². The molecule has 0 aliphatic carbocycles. The third kappa shape index (κ3) is 3.36. The minimum Gasteiger partial charge on any atom is -0.497 e. The summed E-state index contributed by atoms with van der Waals surface area (Å²) in [4.78, 5) is 13.2. The van der Waals surface area contributed by atoms with E-state index in [2.05, 4.69) is 0 Å². The number of nitrogens with zero attached hydrogens (tertiary/aromatic N) is 1. The molecular formula is C24H18ClNO7S. The molecule has 174 valence electrons. The van der Waals surface area contributed by atoms with Crippen molar-refractivity contribution in [2.75, 3.05) is 25.3 Å². The molecule has 34 heavy (non-hydrogen) atoms. The molecule has 2 aliphatic rings. The van der Waals surface area contributed by atoms with Crippen LogP contribution in [-0.4, -0.2) is 35.4 Å². The molecule has 0 saturated heterocycles. The van der Waals surface area contributed by atoms with Gasteiger partial charge < -0.3 is 18.9 Å². The molecular weight excluding hydrogens is 482 g/mol. The summed E-state index contributed by atoms with van der Waals surface area (Å²) < 4.78 is 49.8. The molecule has 8 nitrogen and oxygen atoms in total. The third-order valence-corrected chi connectivity index (χ3v) is 7.60. The second-order valence-electron chi connectivity index (χ2n) is 7.37. The molecule has 0 N–H and O–H groups in total. The van der Waals surface area contributed by atoms with Gasteiger partial charge in [-0.05, 0) is 35.9 Å². The van der Waals surface area contributed by atoms with Gasteiger partial charge in [0.15, 0.2) is 17.2 Å². The molecule has 0 bridgehead atoms. The zero-order valence-electron chi connectivity index (χ0n) is 18.1. The first-order valence-corrected chi connectivity index (χ1v) is 11.9. The van der Waals surface area contributed by atoms with Crippen LogP contribution < -0.4 is 18.5 Å². The van der Waals surface area contributed by atoms with E-state index in [9.17, 15) is 13.2 Å². The average molecular weight is 500 g/mol. The Hall–Kier alpha value is -3.69. The van der Waals surface area contributed by atoms with Gasteiger partial charge in [-0.3, -0.25) is 0 Å². The molecule has 0 atom stereocenters. The Labute approximate surface area is 200 Å². The fourth-order valence-corrected chi connectivity index (χ4v) is 6.03. The summed E-state index contributed by atoms with van der Waals surface area (Å²) in [5, 5.41) is 0.0775. The van der Waals surface area contributed by atoms with Crippen LogP contribution in [0.2, 0.25) is 5.02 Å². The average Bonchev–Trinajstić information content (AvgIpc) is 3.31. The summed E-state index contributed by atoms with van der Waals surface area (Å²) in [5.74, 6) is 0.616. The van der Waals surface area contributed by atoms with Gasteiger partial charge in [-0.2, -0.15) is 0 Å². The Morgan fingerprint density at radius 1 is 1.00 bits per heavy atom. The Balaban J connectivity index is 1.87. The second-order valence-corrected chi connectivity index (χ2v) is 9.53. The molecule has 2 aliphatic heterocycles. The fraction of sp³-hybridized carbons (Fsp3) is 0.125. The monoisotopic (exact) mass is 499 g/mol. The number of halogens is 1. The number of hydrogen-bond acceptors (Lipinski definition) is 7. The maximum Gasteiger partial charge on any atom is 0.356 e. The van der Waals surface area contributed by atoms with Gasteiger partial charge in [0.2, 0.25) is 6.79 Å². The molecule has 3 aromatic rings. The number of methoxy groups -OCH3 is 2. The van der Waals surface area contributed by atoms with Gasteiger partial charge in [0.1, 0.15) is 5.75 Å². The zero-order valence-corrected chi connectivity index (χ0v) is 19.6. The molecule has 3 aromatic carbocycles. The van der Waals surface area contributed by atoms with Crippen LogP contribution in [0.5, 0.6) is 17.2 Å². The van der Waals surface area contributed by atoms with E-state index in [0.717, 1.165) is 4.31 Å². The Morgan fingerprint density at radius 2 is 1.76 bits per heavy atom. The number of carbonyl (C=O) groups is 1. The van der Waals surface area contributed by atoms with Crippen molar-refractivity contribution in [3.63, 3.8) is 0 Å². The van der Waals surface area contributed by atoms with Crippen LogP contribution in [-0.2, 0) is 19.6 Å². The molecule has 0 fully saturated rings. The van der Waals surface area contributed by atoms with E-state index in [-0.39, 0.29) is 28.1 Å². The second kappa shape index (κ2) is 8.27. The molecule has 0 unspecified atom stereocenters. The van der Waals surface area contributed by atoms with Crippen molar-refractivity contribution in [1.29, 1.82) is 0 Å². The number of esters is 1. The van der Waals surface area contributed by atoms with E-state index in [0.29, 0.717) is 33.9 Å². The summed E-state index contributed by atoms with van der Waals surface area (Å²) in [5.41, 5.74) is 1.12. The number of fused-ring (bicyclic) bond motifs is 2. The summed E-state index contributed by atoms with van der Waals surface area (Å²) in [6, 6.07) is 16.1. The molecule has 0 amide bonds. The normalized spacial score (nSPS) is 15.7. The predicted octanol–water partition coefficient (Wildman–Crippen LogP) is 4.22. The number of ether oxygens (including phenoxy) is 4. The van der Waals surface area contributed by atoms with Crippen molar-refractivity contribution in [2.24, 2.45) is 0 Å². The van der Waals surface area contributed by atoms with Gasteiger partial charge in [-0.1, -0.05) is 35.9 Å². The Kier molecular flexibility index (Phi) is 5.38. The molecule has 0 saturated carbocycles. The summed E-state index contributed by atoms with van der Waals surface area (Å²) >= 11 is 6.48. The lowest BCUT2D eigenvalue weighted by molar-refractivity contribution is -0.136. The first kappa shape index (κ1) is 22.1. The number of sulfonamides is 1. The van der Waals surface area contributed by atoms with Gasteiger partial charge in [0.05, 0.1) is 29.8 Å². The number of carbonyl (C=O) groups excluding carboxylic acids is 1. The Morgan fingerprint density at radius 3 is 2.50 bits per heavy atom. The zero-order chi connectivity index (χ0) is 24.0. The van der Waals surface area contributed by atoms with Crippen molar-refractivity contribution in [2.45, 2.75) is 4.90 Å². The van der Waals surface area contributed by atoms with Gasteiger partial charge >= 0.3 is 5.97 Å². The SMILES string of the molecule is COC(=O)C1=C(c2ccc3c(c2)OCO3)c2ccccc2S(=O)(=O)N1c1ccc(OC)cc1Cl. The van der Waals surface area contributed by atoms with Crippen molar-refractivity contribution >= 4 is 38.9 Å². The highest BCUT2D eigenvalue weighted by molar-refractivity contribution is 7.93. The predicted molar refractivity (Wildman–Crippen MR) is 125 cm³/mol. The van der Waals surface area contributed by atoms with Crippen LogP contribution in [0.4, 0.5) is 5.69 Å². The van der Waals surface area contributed by atoms with Gasteiger partial charge in [-0.15, -0.1) is 0 Å². The largest absolute Gasteiger partial charge is 0.497 e. The van der Waals surface area contributed by atoms with E-state index in [1.54, 1.807) is 42.5 Å². The van der Waals surface area contributed by atoms with Gasteiger partial charge in [0.25, 0.3) is 10.0 Å². The molecule has 0 radical (unpaired) electrons. The lowest BCUT2D eigenvalue weighted by Crippen LogP contribution is -2.39. The molecule has 5 rings (SSSR count). The molecule has 0 aromatic heterocycles. The standard InChI is InChI=1S/C24H18ClNO7S/c1-30-15-8-9-18(17(25)12-15)26-23(24(27)31-2)22(14-7-10-19-20(11-14)33-13-32-19)16-5-3-4-6-21(16)34(26,28)29/h3-12H,13H2,1-2H3. The van der Waals surface area contributed by atoms with E-state index in [1.807, 2.05) is 0 Å². The summed E-state index contributed by atoms with van der Waals surface area (Å²) in [6.07, 6.45) is 0. The smallest absolute Gasteiger partial charge is 0.356 e. The highest BCUT2D eigenvalue weighted by Gasteiger charge is 2.42. The highest BCUT2D eigenvalue weighted by Crippen LogP contribution is 2.46. The minimum absolute atomic E-state index is 0.0159. The van der Waals surface area contributed by atoms with Crippen LogP contribution in [0.15, 0.2) is 71.3 Å². The molecule has 0 spiro atoms. The van der Waals surface area contributed by atoms with E-state index in [1.165, 1.54) is 32.4 Å². The number of rotatable bonds is 4. The van der Waals surface area contributed by atoms with Crippen molar-refractivity contribution in [3.8, 4) is 17.2 Å². The molecule has 2 heterocycles. The number of benzene rings is 3. The van der Waals surface area contributed by atoms with Crippen LogP contribution in [0.3, 0.4) is 0 Å². The maximum absolute atomic E-state index is 13.9. The highest BCUT2D eigenvalue weighted by atomic mass is 35.5. The Bertz CT molecular complexity index is 1470.